The standard InChI is InChI=1S/C13H23NO2/c1-12(2)5-6-14(8-12)9-13(10-15)4-3-7-16-11-13/h10H,3-9,11H2,1-2H3. The number of likely N-dealkylation sites (tertiary alicyclic amines) is 1. The number of carbonyl (C=O) groups is 1. The number of aldehydes is 1. The van der Waals surface area contributed by atoms with Crippen molar-refractivity contribution in [2.45, 2.75) is 33.1 Å². The van der Waals surface area contributed by atoms with E-state index < -0.39 is 0 Å². The maximum absolute atomic E-state index is 11.3. The molecule has 2 heterocycles. The summed E-state index contributed by atoms with van der Waals surface area (Å²) in [6.45, 7) is 9.18. The van der Waals surface area contributed by atoms with E-state index in [1.807, 2.05) is 0 Å². The first-order chi connectivity index (χ1) is 7.55. The van der Waals surface area contributed by atoms with Gasteiger partial charge in [0.2, 0.25) is 0 Å². The van der Waals surface area contributed by atoms with Crippen LogP contribution >= 0.6 is 0 Å². The Balaban J connectivity index is 1.94. The van der Waals surface area contributed by atoms with Crippen molar-refractivity contribution in [1.29, 1.82) is 0 Å². The molecule has 2 saturated heterocycles. The summed E-state index contributed by atoms with van der Waals surface area (Å²) >= 11 is 0. The van der Waals surface area contributed by atoms with Crippen molar-refractivity contribution in [3.05, 3.63) is 0 Å². The van der Waals surface area contributed by atoms with Crippen molar-refractivity contribution in [1.82, 2.24) is 4.90 Å². The summed E-state index contributed by atoms with van der Waals surface area (Å²) in [6.07, 6.45) is 4.39. The van der Waals surface area contributed by atoms with E-state index in [9.17, 15) is 4.79 Å². The molecule has 2 fully saturated rings. The molecule has 0 aromatic rings. The number of rotatable bonds is 3. The highest BCUT2D eigenvalue weighted by Crippen LogP contribution is 2.33. The third-order valence-electron chi connectivity index (χ3n) is 3.90. The van der Waals surface area contributed by atoms with Gasteiger partial charge in [-0.1, -0.05) is 13.8 Å². The lowest BCUT2D eigenvalue weighted by molar-refractivity contribution is -0.125. The second-order valence-corrected chi connectivity index (χ2v) is 6.26. The van der Waals surface area contributed by atoms with E-state index in [1.54, 1.807) is 0 Å². The van der Waals surface area contributed by atoms with Gasteiger partial charge in [-0.2, -0.15) is 0 Å². The fraction of sp³-hybridized carbons (Fsp3) is 0.923. The van der Waals surface area contributed by atoms with Gasteiger partial charge in [-0.25, -0.2) is 0 Å². The van der Waals surface area contributed by atoms with Crippen LogP contribution in [0, 0.1) is 10.8 Å². The molecule has 2 aliphatic heterocycles. The molecular weight excluding hydrogens is 202 g/mol. The fourth-order valence-electron chi connectivity index (χ4n) is 2.93. The first-order valence-corrected chi connectivity index (χ1v) is 6.32. The third-order valence-corrected chi connectivity index (χ3v) is 3.90. The van der Waals surface area contributed by atoms with Crippen LogP contribution in [0.5, 0.6) is 0 Å². The minimum atomic E-state index is -0.224. The topological polar surface area (TPSA) is 29.5 Å². The number of hydrogen-bond acceptors (Lipinski definition) is 3. The van der Waals surface area contributed by atoms with Crippen LogP contribution in [0.2, 0.25) is 0 Å². The zero-order chi connectivity index (χ0) is 11.6. The van der Waals surface area contributed by atoms with E-state index in [-0.39, 0.29) is 5.41 Å². The van der Waals surface area contributed by atoms with Crippen molar-refractivity contribution in [3.8, 4) is 0 Å². The predicted molar refractivity (Wildman–Crippen MR) is 63.4 cm³/mol. The van der Waals surface area contributed by atoms with Crippen LogP contribution in [-0.2, 0) is 9.53 Å². The van der Waals surface area contributed by atoms with Crippen molar-refractivity contribution in [2.75, 3.05) is 32.8 Å². The SMILES string of the molecule is CC1(C)CCN(CC2(C=O)CCCOC2)C1. The minimum Gasteiger partial charge on any atom is -0.380 e. The third kappa shape index (κ3) is 2.64. The molecule has 0 aromatic heterocycles. The smallest absolute Gasteiger partial charge is 0.129 e. The Kier molecular flexibility index (Phi) is 3.36. The summed E-state index contributed by atoms with van der Waals surface area (Å²) in [5, 5.41) is 0. The highest BCUT2D eigenvalue weighted by atomic mass is 16.5. The van der Waals surface area contributed by atoms with Crippen LogP contribution in [0.1, 0.15) is 33.1 Å². The molecule has 0 saturated carbocycles. The summed E-state index contributed by atoms with van der Waals surface area (Å²) in [7, 11) is 0. The molecule has 0 amide bonds. The molecule has 0 radical (unpaired) electrons. The van der Waals surface area contributed by atoms with E-state index in [1.165, 1.54) is 6.42 Å². The quantitative estimate of drug-likeness (QED) is 0.685. The van der Waals surface area contributed by atoms with Gasteiger partial charge in [0, 0.05) is 19.7 Å². The average Bonchev–Trinajstić information content (AvgIpc) is 2.59. The first kappa shape index (κ1) is 12.1. The summed E-state index contributed by atoms with van der Waals surface area (Å²) in [5.74, 6) is 0. The molecule has 0 bridgehead atoms. The number of ether oxygens (including phenoxy) is 1. The summed E-state index contributed by atoms with van der Waals surface area (Å²) < 4.78 is 5.48. The van der Waals surface area contributed by atoms with Crippen molar-refractivity contribution in [3.63, 3.8) is 0 Å². The van der Waals surface area contributed by atoms with E-state index in [0.717, 1.165) is 45.4 Å². The van der Waals surface area contributed by atoms with Crippen LogP contribution in [0.3, 0.4) is 0 Å². The Morgan fingerprint density at radius 1 is 1.38 bits per heavy atom. The van der Waals surface area contributed by atoms with Gasteiger partial charge in [0.05, 0.1) is 12.0 Å². The Bertz CT molecular complexity index is 257. The number of carbonyl (C=O) groups excluding carboxylic acids is 1. The second kappa shape index (κ2) is 4.46. The van der Waals surface area contributed by atoms with Gasteiger partial charge in [-0.15, -0.1) is 0 Å². The minimum absolute atomic E-state index is 0.224. The van der Waals surface area contributed by atoms with Crippen LogP contribution in [0.25, 0.3) is 0 Å². The first-order valence-electron chi connectivity index (χ1n) is 6.32. The Hall–Kier alpha value is -0.410. The maximum atomic E-state index is 11.3. The number of nitrogens with zero attached hydrogens (tertiary/aromatic N) is 1. The Morgan fingerprint density at radius 2 is 2.19 bits per heavy atom. The van der Waals surface area contributed by atoms with Crippen LogP contribution in [-0.4, -0.2) is 44.0 Å². The monoisotopic (exact) mass is 225 g/mol. The molecule has 0 aliphatic carbocycles. The zero-order valence-corrected chi connectivity index (χ0v) is 10.5. The second-order valence-electron chi connectivity index (χ2n) is 6.26. The molecule has 3 nitrogen and oxygen atoms in total. The molecule has 3 heteroatoms. The normalized spacial score (nSPS) is 35.1. The predicted octanol–water partition coefficient (Wildman–Crippen LogP) is 1.71. The lowest BCUT2D eigenvalue weighted by Crippen LogP contribution is -2.44. The van der Waals surface area contributed by atoms with E-state index in [0.29, 0.717) is 12.0 Å². The average molecular weight is 225 g/mol. The molecule has 2 rings (SSSR count). The molecule has 1 unspecified atom stereocenters. The van der Waals surface area contributed by atoms with E-state index in [2.05, 4.69) is 18.7 Å². The summed E-state index contributed by atoms with van der Waals surface area (Å²) in [4.78, 5) is 13.8. The molecule has 2 aliphatic rings. The van der Waals surface area contributed by atoms with E-state index >= 15 is 0 Å². The highest BCUT2D eigenvalue weighted by molar-refractivity contribution is 5.60. The molecule has 92 valence electrons. The summed E-state index contributed by atoms with van der Waals surface area (Å²) in [5.41, 5.74) is 0.193. The zero-order valence-electron chi connectivity index (χ0n) is 10.5. The number of hydrogen-bond donors (Lipinski definition) is 0. The van der Waals surface area contributed by atoms with Crippen molar-refractivity contribution < 1.29 is 9.53 Å². The van der Waals surface area contributed by atoms with Gasteiger partial charge >= 0.3 is 0 Å². The Morgan fingerprint density at radius 3 is 2.69 bits per heavy atom. The van der Waals surface area contributed by atoms with Gasteiger partial charge in [0.25, 0.3) is 0 Å². The molecule has 1 atom stereocenters. The van der Waals surface area contributed by atoms with Crippen LogP contribution in [0.4, 0.5) is 0 Å². The van der Waals surface area contributed by atoms with Gasteiger partial charge in [-0.05, 0) is 31.2 Å². The highest BCUT2D eigenvalue weighted by Gasteiger charge is 2.38. The van der Waals surface area contributed by atoms with E-state index in [4.69, 9.17) is 4.74 Å². The van der Waals surface area contributed by atoms with Gasteiger partial charge < -0.3 is 14.4 Å². The van der Waals surface area contributed by atoms with Gasteiger partial charge in [0.15, 0.2) is 0 Å². The molecular formula is C13H23NO2. The lowest BCUT2D eigenvalue weighted by atomic mass is 9.83. The lowest BCUT2D eigenvalue weighted by Gasteiger charge is -2.35. The van der Waals surface area contributed by atoms with Gasteiger partial charge in [0.1, 0.15) is 6.29 Å². The largest absolute Gasteiger partial charge is 0.380 e. The van der Waals surface area contributed by atoms with Crippen molar-refractivity contribution in [2.24, 2.45) is 10.8 Å². The Labute approximate surface area is 98.1 Å². The van der Waals surface area contributed by atoms with Crippen molar-refractivity contribution >= 4 is 6.29 Å². The van der Waals surface area contributed by atoms with Crippen LogP contribution < -0.4 is 0 Å². The molecule has 0 aromatic carbocycles. The molecule has 0 N–H and O–H groups in total. The van der Waals surface area contributed by atoms with Crippen LogP contribution in [0.15, 0.2) is 0 Å². The molecule has 0 spiro atoms. The maximum Gasteiger partial charge on any atom is 0.129 e. The fourth-order valence-corrected chi connectivity index (χ4v) is 2.93. The van der Waals surface area contributed by atoms with Gasteiger partial charge in [-0.3, -0.25) is 0 Å². The summed E-state index contributed by atoms with van der Waals surface area (Å²) in [6, 6.07) is 0. The molecule has 16 heavy (non-hydrogen) atoms.